The predicted octanol–water partition coefficient (Wildman–Crippen LogP) is 3.54. The van der Waals surface area contributed by atoms with Gasteiger partial charge in [0, 0.05) is 17.6 Å². The number of sulfone groups is 1. The Balaban J connectivity index is 3.07. The van der Waals surface area contributed by atoms with E-state index in [9.17, 15) is 8.42 Å². The highest BCUT2D eigenvalue weighted by atomic mass is 32.2. The predicted molar refractivity (Wildman–Crippen MR) is 82.9 cm³/mol. The summed E-state index contributed by atoms with van der Waals surface area (Å²) < 4.78 is 24.5. The van der Waals surface area contributed by atoms with Crippen molar-refractivity contribution < 1.29 is 8.42 Å². The average Bonchev–Trinajstić information content (AvgIpc) is 2.31. The second kappa shape index (κ2) is 7.17. The highest BCUT2D eigenvalue weighted by Crippen LogP contribution is 2.22. The summed E-state index contributed by atoms with van der Waals surface area (Å²) in [6.07, 6.45) is 2.84. The SMILES string of the molecule is CCCCC#CC#CS(=O)(=O)c1c(C)cc(C)cc1C. The maximum atomic E-state index is 12.2. The molecule has 106 valence electrons. The normalized spacial score (nSPS) is 10.2. The fraction of sp³-hybridized carbons (Fsp3) is 0.412. The molecule has 1 rings (SSSR count). The van der Waals surface area contributed by atoms with Crippen molar-refractivity contribution in [2.24, 2.45) is 0 Å². The van der Waals surface area contributed by atoms with E-state index in [0.29, 0.717) is 4.90 Å². The molecule has 0 aliphatic rings. The topological polar surface area (TPSA) is 34.1 Å². The van der Waals surface area contributed by atoms with Gasteiger partial charge in [-0.2, -0.15) is 0 Å². The maximum Gasteiger partial charge on any atom is 0.246 e. The minimum Gasteiger partial charge on any atom is -0.210 e. The molecule has 0 aromatic heterocycles. The lowest BCUT2D eigenvalue weighted by molar-refractivity contribution is 0.605. The van der Waals surface area contributed by atoms with Gasteiger partial charge in [0.2, 0.25) is 9.84 Å². The third-order valence-corrected chi connectivity index (χ3v) is 4.42. The van der Waals surface area contributed by atoms with Crippen molar-refractivity contribution in [3.05, 3.63) is 28.8 Å². The third-order valence-electron chi connectivity index (χ3n) is 2.87. The number of benzene rings is 1. The van der Waals surface area contributed by atoms with Crippen molar-refractivity contribution >= 4 is 9.84 Å². The largest absolute Gasteiger partial charge is 0.246 e. The van der Waals surface area contributed by atoms with Crippen molar-refractivity contribution in [1.29, 1.82) is 0 Å². The maximum absolute atomic E-state index is 12.2. The summed E-state index contributed by atoms with van der Waals surface area (Å²) in [5.74, 6) is 7.92. The zero-order valence-electron chi connectivity index (χ0n) is 12.5. The Hall–Kier alpha value is -1.71. The van der Waals surface area contributed by atoms with Crippen LogP contribution in [0.5, 0.6) is 0 Å². The van der Waals surface area contributed by atoms with Gasteiger partial charge in [0.05, 0.1) is 4.90 Å². The molecule has 2 nitrogen and oxygen atoms in total. The molecule has 0 fully saturated rings. The van der Waals surface area contributed by atoms with Gasteiger partial charge in [-0.05, 0) is 44.2 Å². The molecule has 0 saturated carbocycles. The molecule has 3 heteroatoms. The van der Waals surface area contributed by atoms with E-state index in [1.54, 1.807) is 13.8 Å². The molecule has 0 atom stereocenters. The van der Waals surface area contributed by atoms with Crippen LogP contribution < -0.4 is 0 Å². The Morgan fingerprint density at radius 3 is 2.20 bits per heavy atom. The highest BCUT2D eigenvalue weighted by Gasteiger charge is 2.17. The number of hydrogen-bond acceptors (Lipinski definition) is 2. The van der Waals surface area contributed by atoms with E-state index in [-0.39, 0.29) is 0 Å². The fourth-order valence-electron chi connectivity index (χ4n) is 2.11. The number of aryl methyl sites for hydroxylation is 3. The molecule has 20 heavy (non-hydrogen) atoms. The molecule has 1 aromatic carbocycles. The second-order valence-corrected chi connectivity index (χ2v) is 6.48. The van der Waals surface area contributed by atoms with Crippen LogP contribution in [0.1, 0.15) is 42.9 Å². The molecule has 0 aliphatic heterocycles. The van der Waals surface area contributed by atoms with E-state index in [0.717, 1.165) is 36.0 Å². The van der Waals surface area contributed by atoms with Crippen LogP contribution in [-0.2, 0) is 9.84 Å². The summed E-state index contributed by atoms with van der Waals surface area (Å²) in [7, 11) is -3.59. The second-order valence-electron chi connectivity index (χ2n) is 4.86. The quantitative estimate of drug-likeness (QED) is 0.484. The summed E-state index contributed by atoms with van der Waals surface area (Å²) >= 11 is 0. The van der Waals surface area contributed by atoms with Crippen molar-refractivity contribution in [3.8, 4) is 23.0 Å². The Bertz CT molecular complexity index is 682. The summed E-state index contributed by atoms with van der Waals surface area (Å²) in [5.41, 5.74) is 2.51. The first kappa shape index (κ1) is 16.3. The first-order chi connectivity index (χ1) is 9.38. The Kier molecular flexibility index (Phi) is 5.86. The summed E-state index contributed by atoms with van der Waals surface area (Å²) in [5, 5.41) is 2.30. The molecular formula is C17H20O2S. The summed E-state index contributed by atoms with van der Waals surface area (Å²) in [6, 6.07) is 3.71. The molecule has 0 aliphatic carbocycles. The Morgan fingerprint density at radius 1 is 1.05 bits per heavy atom. The van der Waals surface area contributed by atoms with Gasteiger partial charge in [-0.1, -0.05) is 37.0 Å². The van der Waals surface area contributed by atoms with Gasteiger partial charge in [-0.3, -0.25) is 0 Å². The molecule has 0 spiro atoms. The van der Waals surface area contributed by atoms with E-state index < -0.39 is 9.84 Å². The highest BCUT2D eigenvalue weighted by molar-refractivity contribution is 7.96. The van der Waals surface area contributed by atoms with E-state index >= 15 is 0 Å². The van der Waals surface area contributed by atoms with Crippen molar-refractivity contribution in [1.82, 2.24) is 0 Å². The summed E-state index contributed by atoms with van der Waals surface area (Å²) in [4.78, 5) is 0.311. The van der Waals surface area contributed by atoms with E-state index in [1.165, 1.54) is 0 Å². The number of rotatable bonds is 3. The van der Waals surface area contributed by atoms with Gasteiger partial charge >= 0.3 is 0 Å². The van der Waals surface area contributed by atoms with Crippen LogP contribution in [0.15, 0.2) is 17.0 Å². The van der Waals surface area contributed by atoms with Crippen LogP contribution in [-0.4, -0.2) is 8.42 Å². The Morgan fingerprint density at radius 2 is 1.65 bits per heavy atom. The van der Waals surface area contributed by atoms with E-state index in [2.05, 4.69) is 29.9 Å². The monoisotopic (exact) mass is 288 g/mol. The van der Waals surface area contributed by atoms with Crippen LogP contribution in [0.2, 0.25) is 0 Å². The molecule has 0 heterocycles. The third kappa shape index (κ3) is 4.44. The smallest absolute Gasteiger partial charge is 0.210 e. The average molecular weight is 288 g/mol. The molecule has 0 saturated heterocycles. The zero-order chi connectivity index (χ0) is 15.2. The standard InChI is InChI=1S/C17H20O2S/c1-5-6-7-8-9-10-11-20(18,19)17-15(3)12-14(2)13-16(17)4/h12-13H,5-7H2,1-4H3. The minimum absolute atomic E-state index is 0.311. The van der Waals surface area contributed by atoms with Crippen LogP contribution in [0, 0.1) is 43.8 Å². The van der Waals surface area contributed by atoms with Crippen LogP contribution >= 0.6 is 0 Å². The first-order valence-electron chi connectivity index (χ1n) is 6.71. The van der Waals surface area contributed by atoms with Crippen molar-refractivity contribution in [2.45, 2.75) is 51.9 Å². The lowest BCUT2D eigenvalue weighted by Gasteiger charge is -2.07. The Labute approximate surface area is 122 Å². The molecule has 0 bridgehead atoms. The molecule has 1 aromatic rings. The van der Waals surface area contributed by atoms with Gasteiger partial charge in [-0.25, -0.2) is 8.42 Å². The van der Waals surface area contributed by atoms with Crippen LogP contribution in [0.3, 0.4) is 0 Å². The molecular weight excluding hydrogens is 268 g/mol. The van der Waals surface area contributed by atoms with Gasteiger partial charge < -0.3 is 0 Å². The molecule has 0 radical (unpaired) electrons. The zero-order valence-corrected chi connectivity index (χ0v) is 13.3. The van der Waals surface area contributed by atoms with Crippen LogP contribution in [0.25, 0.3) is 0 Å². The van der Waals surface area contributed by atoms with Crippen molar-refractivity contribution in [2.75, 3.05) is 0 Å². The number of hydrogen-bond donors (Lipinski definition) is 0. The van der Waals surface area contributed by atoms with Gasteiger partial charge in [0.1, 0.15) is 0 Å². The molecule has 0 amide bonds. The van der Waals surface area contributed by atoms with E-state index in [1.807, 2.05) is 19.1 Å². The number of unbranched alkanes of at least 4 members (excludes halogenated alkanes) is 2. The molecule has 0 N–H and O–H groups in total. The summed E-state index contributed by atoms with van der Waals surface area (Å²) in [6.45, 7) is 7.62. The van der Waals surface area contributed by atoms with Crippen LogP contribution in [0.4, 0.5) is 0 Å². The minimum atomic E-state index is -3.59. The lowest BCUT2D eigenvalue weighted by Crippen LogP contribution is -2.03. The van der Waals surface area contributed by atoms with E-state index in [4.69, 9.17) is 0 Å². The van der Waals surface area contributed by atoms with Gasteiger partial charge in [0.15, 0.2) is 0 Å². The fourth-order valence-corrected chi connectivity index (χ4v) is 3.36. The van der Waals surface area contributed by atoms with Crippen molar-refractivity contribution in [3.63, 3.8) is 0 Å². The lowest BCUT2D eigenvalue weighted by atomic mass is 10.1. The molecule has 0 unspecified atom stereocenters. The van der Waals surface area contributed by atoms with Gasteiger partial charge in [0.25, 0.3) is 0 Å². The first-order valence-corrected chi connectivity index (χ1v) is 8.19. The van der Waals surface area contributed by atoms with Gasteiger partial charge in [-0.15, -0.1) is 0 Å².